The molecule has 6 heteroatoms. The summed E-state index contributed by atoms with van der Waals surface area (Å²) in [5.41, 5.74) is 0. The Labute approximate surface area is 135 Å². The first-order chi connectivity index (χ1) is 10.7. The standard InChI is InChI=1S/C16H22N2O3S/c1-18(16(19)8-12-11-22-7-6-17-12)9-13-10-20-14-4-2-3-5-15(14)21-13/h2-5,12-13,17H,6-11H2,1H3. The summed E-state index contributed by atoms with van der Waals surface area (Å²) in [7, 11) is 1.84. The zero-order valence-electron chi connectivity index (χ0n) is 12.8. The molecule has 1 aromatic carbocycles. The van der Waals surface area contributed by atoms with Crippen molar-refractivity contribution in [2.45, 2.75) is 18.6 Å². The van der Waals surface area contributed by atoms with Crippen LogP contribution in [0.25, 0.3) is 0 Å². The highest BCUT2D eigenvalue weighted by atomic mass is 32.2. The highest BCUT2D eigenvalue weighted by Gasteiger charge is 2.25. The number of hydrogen-bond donors (Lipinski definition) is 1. The fourth-order valence-corrected chi connectivity index (χ4v) is 3.63. The van der Waals surface area contributed by atoms with Crippen molar-refractivity contribution in [3.8, 4) is 11.5 Å². The molecule has 2 heterocycles. The topological polar surface area (TPSA) is 50.8 Å². The number of carbonyl (C=O) groups is 1. The Morgan fingerprint density at radius 1 is 1.41 bits per heavy atom. The number of benzene rings is 1. The van der Waals surface area contributed by atoms with Crippen LogP contribution in [-0.2, 0) is 4.79 Å². The summed E-state index contributed by atoms with van der Waals surface area (Å²) >= 11 is 1.91. The molecule has 1 aromatic rings. The molecule has 3 rings (SSSR count). The van der Waals surface area contributed by atoms with E-state index in [9.17, 15) is 4.79 Å². The monoisotopic (exact) mass is 322 g/mol. The number of rotatable bonds is 4. The lowest BCUT2D eigenvalue weighted by Crippen LogP contribution is -2.45. The molecule has 1 N–H and O–H groups in total. The van der Waals surface area contributed by atoms with Crippen LogP contribution in [0.15, 0.2) is 24.3 Å². The van der Waals surface area contributed by atoms with Gasteiger partial charge in [-0.25, -0.2) is 0 Å². The van der Waals surface area contributed by atoms with E-state index in [0.29, 0.717) is 19.6 Å². The van der Waals surface area contributed by atoms with E-state index < -0.39 is 0 Å². The van der Waals surface area contributed by atoms with Crippen LogP contribution >= 0.6 is 11.8 Å². The molecule has 0 bridgehead atoms. The van der Waals surface area contributed by atoms with Crippen LogP contribution in [0.5, 0.6) is 11.5 Å². The molecular formula is C16H22N2O3S. The van der Waals surface area contributed by atoms with Gasteiger partial charge in [-0.2, -0.15) is 11.8 Å². The van der Waals surface area contributed by atoms with E-state index in [-0.39, 0.29) is 18.1 Å². The lowest BCUT2D eigenvalue weighted by Gasteiger charge is -2.30. The number of likely N-dealkylation sites (N-methyl/N-ethyl adjacent to an activating group) is 1. The summed E-state index contributed by atoms with van der Waals surface area (Å²) in [5, 5.41) is 3.40. The van der Waals surface area contributed by atoms with Crippen molar-refractivity contribution in [3.05, 3.63) is 24.3 Å². The lowest BCUT2D eigenvalue weighted by atomic mass is 10.2. The van der Waals surface area contributed by atoms with Gasteiger partial charge in [-0.3, -0.25) is 4.79 Å². The average Bonchev–Trinajstić information content (AvgIpc) is 2.55. The van der Waals surface area contributed by atoms with Gasteiger partial charge in [-0.1, -0.05) is 12.1 Å². The number of amides is 1. The summed E-state index contributed by atoms with van der Waals surface area (Å²) < 4.78 is 11.6. The van der Waals surface area contributed by atoms with Crippen molar-refractivity contribution in [2.75, 3.05) is 38.2 Å². The Hall–Kier alpha value is -1.40. The fourth-order valence-electron chi connectivity index (χ4n) is 2.68. The smallest absolute Gasteiger partial charge is 0.224 e. The van der Waals surface area contributed by atoms with Gasteiger partial charge in [-0.15, -0.1) is 0 Å². The number of nitrogens with zero attached hydrogens (tertiary/aromatic N) is 1. The number of thioether (sulfide) groups is 1. The van der Waals surface area contributed by atoms with Gasteiger partial charge in [0.1, 0.15) is 6.61 Å². The molecule has 120 valence electrons. The third-order valence-electron chi connectivity index (χ3n) is 3.89. The quantitative estimate of drug-likeness (QED) is 0.908. The van der Waals surface area contributed by atoms with Crippen LogP contribution in [0.2, 0.25) is 0 Å². The van der Waals surface area contributed by atoms with E-state index in [0.717, 1.165) is 29.5 Å². The minimum absolute atomic E-state index is 0.113. The fraction of sp³-hybridized carbons (Fsp3) is 0.562. The lowest BCUT2D eigenvalue weighted by molar-refractivity contribution is -0.131. The number of ether oxygens (including phenoxy) is 2. The van der Waals surface area contributed by atoms with Gasteiger partial charge in [0.25, 0.3) is 0 Å². The van der Waals surface area contributed by atoms with Gasteiger partial charge in [-0.05, 0) is 12.1 Å². The minimum Gasteiger partial charge on any atom is -0.486 e. The van der Waals surface area contributed by atoms with Gasteiger partial charge >= 0.3 is 0 Å². The second-order valence-electron chi connectivity index (χ2n) is 5.70. The Bertz CT molecular complexity index is 520. The number of para-hydroxylation sites is 2. The zero-order valence-corrected chi connectivity index (χ0v) is 13.6. The average molecular weight is 322 g/mol. The summed E-state index contributed by atoms with van der Waals surface area (Å²) in [6, 6.07) is 7.93. The van der Waals surface area contributed by atoms with E-state index in [4.69, 9.17) is 9.47 Å². The number of nitrogens with one attached hydrogen (secondary N) is 1. The molecular weight excluding hydrogens is 300 g/mol. The minimum atomic E-state index is -0.113. The molecule has 2 atom stereocenters. The summed E-state index contributed by atoms with van der Waals surface area (Å²) in [5.74, 6) is 3.83. The summed E-state index contributed by atoms with van der Waals surface area (Å²) in [6.45, 7) is 2.02. The molecule has 0 spiro atoms. The van der Waals surface area contributed by atoms with Gasteiger partial charge in [0.05, 0.1) is 6.54 Å². The number of hydrogen-bond acceptors (Lipinski definition) is 5. The van der Waals surface area contributed by atoms with E-state index in [1.165, 1.54) is 0 Å². The molecule has 2 aliphatic heterocycles. The molecule has 0 saturated carbocycles. The molecule has 5 nitrogen and oxygen atoms in total. The van der Waals surface area contributed by atoms with Gasteiger partial charge < -0.3 is 19.7 Å². The second kappa shape index (κ2) is 7.24. The second-order valence-corrected chi connectivity index (χ2v) is 6.85. The first-order valence-corrected chi connectivity index (χ1v) is 8.81. The van der Waals surface area contributed by atoms with E-state index in [1.807, 2.05) is 43.1 Å². The number of carbonyl (C=O) groups excluding carboxylic acids is 1. The Morgan fingerprint density at radius 2 is 2.23 bits per heavy atom. The van der Waals surface area contributed by atoms with Crippen molar-refractivity contribution in [1.29, 1.82) is 0 Å². The van der Waals surface area contributed by atoms with Crippen LogP contribution in [0.1, 0.15) is 6.42 Å². The van der Waals surface area contributed by atoms with Gasteiger partial charge in [0.2, 0.25) is 5.91 Å². The van der Waals surface area contributed by atoms with E-state index in [1.54, 1.807) is 4.90 Å². The summed E-state index contributed by atoms with van der Waals surface area (Å²) in [6.07, 6.45) is 0.436. The molecule has 1 fully saturated rings. The maximum Gasteiger partial charge on any atom is 0.224 e. The maximum atomic E-state index is 12.3. The van der Waals surface area contributed by atoms with Crippen molar-refractivity contribution in [2.24, 2.45) is 0 Å². The van der Waals surface area contributed by atoms with Crippen LogP contribution in [0, 0.1) is 0 Å². The molecule has 22 heavy (non-hydrogen) atoms. The SMILES string of the molecule is CN(CC1COc2ccccc2O1)C(=O)CC1CSCCN1. The molecule has 2 unspecified atom stereocenters. The molecule has 0 aliphatic carbocycles. The Kier molecular flexibility index (Phi) is 5.10. The molecule has 1 amide bonds. The van der Waals surface area contributed by atoms with Crippen LogP contribution in [-0.4, -0.2) is 61.2 Å². The zero-order chi connectivity index (χ0) is 15.4. The van der Waals surface area contributed by atoms with E-state index >= 15 is 0 Å². The Balaban J connectivity index is 1.49. The van der Waals surface area contributed by atoms with Crippen molar-refractivity contribution < 1.29 is 14.3 Å². The molecule has 0 aromatic heterocycles. The molecule has 2 aliphatic rings. The van der Waals surface area contributed by atoms with Crippen LogP contribution in [0.4, 0.5) is 0 Å². The summed E-state index contributed by atoms with van der Waals surface area (Å²) in [4.78, 5) is 14.1. The highest BCUT2D eigenvalue weighted by Crippen LogP contribution is 2.30. The van der Waals surface area contributed by atoms with Crippen molar-refractivity contribution >= 4 is 17.7 Å². The largest absolute Gasteiger partial charge is 0.486 e. The highest BCUT2D eigenvalue weighted by molar-refractivity contribution is 7.99. The van der Waals surface area contributed by atoms with E-state index in [2.05, 4.69) is 5.32 Å². The number of fused-ring (bicyclic) bond motifs is 1. The third kappa shape index (κ3) is 3.87. The first-order valence-electron chi connectivity index (χ1n) is 7.66. The normalized spacial score (nSPS) is 23.9. The molecule has 1 saturated heterocycles. The maximum absolute atomic E-state index is 12.3. The third-order valence-corrected chi connectivity index (χ3v) is 5.02. The van der Waals surface area contributed by atoms with Gasteiger partial charge in [0.15, 0.2) is 17.6 Å². The molecule has 0 radical (unpaired) electrons. The first kappa shape index (κ1) is 15.5. The predicted octanol–water partition coefficient (Wildman–Crippen LogP) is 1.38. The van der Waals surface area contributed by atoms with Crippen LogP contribution in [0.3, 0.4) is 0 Å². The van der Waals surface area contributed by atoms with Crippen molar-refractivity contribution in [3.63, 3.8) is 0 Å². The van der Waals surface area contributed by atoms with Gasteiger partial charge in [0, 0.05) is 37.6 Å². The van der Waals surface area contributed by atoms with Crippen molar-refractivity contribution in [1.82, 2.24) is 10.2 Å². The van der Waals surface area contributed by atoms with Crippen LogP contribution < -0.4 is 14.8 Å². The Morgan fingerprint density at radius 3 is 3.00 bits per heavy atom. The predicted molar refractivity (Wildman–Crippen MR) is 87.7 cm³/mol.